The molecule has 1 aliphatic carbocycles. The Morgan fingerprint density at radius 1 is 1.28 bits per heavy atom. The lowest BCUT2D eigenvalue weighted by Crippen LogP contribution is -2.37. The molecule has 2 N–H and O–H groups in total. The Kier molecular flexibility index (Phi) is 5.55. The monoisotopic (exact) mass is 433 g/mol. The molecular weight excluding hydrogens is 410 g/mol. The standard InChI is InChI=1S/C21H23N3O3S.ClH/c1-27-17-4-2-3-14-13(17)6-5-12-11-22-16(18(12)14)7-9-24-20(25)15-8-10-28-19(15)23-21(24)26;/h2-4,8,10,12,16,18,22H,5-7,9,11H2,1H3,(H,23,26);1H. The van der Waals surface area contributed by atoms with Crippen molar-refractivity contribution < 1.29 is 4.74 Å². The Balaban J connectivity index is 0.00000205. The van der Waals surface area contributed by atoms with Gasteiger partial charge in [0.25, 0.3) is 5.56 Å². The highest BCUT2D eigenvalue weighted by atomic mass is 35.5. The van der Waals surface area contributed by atoms with E-state index in [4.69, 9.17) is 4.74 Å². The number of rotatable bonds is 4. The Hall–Kier alpha value is -2.09. The van der Waals surface area contributed by atoms with Crippen LogP contribution in [0.2, 0.25) is 0 Å². The van der Waals surface area contributed by atoms with Crippen LogP contribution in [0.1, 0.15) is 29.9 Å². The lowest BCUT2D eigenvalue weighted by atomic mass is 9.73. The van der Waals surface area contributed by atoms with E-state index >= 15 is 0 Å². The number of benzene rings is 1. The van der Waals surface area contributed by atoms with Crippen molar-refractivity contribution in [2.45, 2.75) is 37.8 Å². The molecule has 154 valence electrons. The number of halogens is 1. The number of hydrogen-bond acceptors (Lipinski definition) is 5. The van der Waals surface area contributed by atoms with E-state index in [0.717, 1.165) is 31.6 Å². The summed E-state index contributed by atoms with van der Waals surface area (Å²) in [6, 6.07) is 8.34. The topological polar surface area (TPSA) is 76.1 Å². The average molecular weight is 434 g/mol. The Labute approximate surface area is 178 Å². The molecule has 3 heterocycles. The number of nitrogens with one attached hydrogen (secondary N) is 2. The quantitative estimate of drug-likeness (QED) is 0.663. The summed E-state index contributed by atoms with van der Waals surface area (Å²) in [7, 11) is 1.73. The van der Waals surface area contributed by atoms with Gasteiger partial charge in [-0.2, -0.15) is 0 Å². The van der Waals surface area contributed by atoms with Crippen LogP contribution in [-0.2, 0) is 13.0 Å². The fourth-order valence-electron chi connectivity index (χ4n) is 5.05. The maximum Gasteiger partial charge on any atom is 0.329 e. The smallest absolute Gasteiger partial charge is 0.329 e. The van der Waals surface area contributed by atoms with Gasteiger partial charge in [0.15, 0.2) is 0 Å². The van der Waals surface area contributed by atoms with Crippen molar-refractivity contribution in [2.24, 2.45) is 5.92 Å². The molecule has 29 heavy (non-hydrogen) atoms. The summed E-state index contributed by atoms with van der Waals surface area (Å²) in [6.07, 6.45) is 2.93. The van der Waals surface area contributed by atoms with Gasteiger partial charge >= 0.3 is 5.69 Å². The number of hydrogen-bond donors (Lipinski definition) is 2. The zero-order valence-electron chi connectivity index (χ0n) is 16.1. The second-order valence-electron chi connectivity index (χ2n) is 7.71. The van der Waals surface area contributed by atoms with Gasteiger partial charge in [-0.15, -0.1) is 23.7 Å². The molecule has 0 amide bonds. The predicted octanol–water partition coefficient (Wildman–Crippen LogP) is 2.89. The minimum atomic E-state index is -0.319. The number of thiophene rings is 1. The number of aromatic amines is 1. The molecule has 0 spiro atoms. The lowest BCUT2D eigenvalue weighted by Gasteiger charge is -2.32. The van der Waals surface area contributed by atoms with Gasteiger partial charge in [-0.05, 0) is 60.4 Å². The summed E-state index contributed by atoms with van der Waals surface area (Å²) >= 11 is 1.39. The van der Waals surface area contributed by atoms with E-state index in [1.165, 1.54) is 27.0 Å². The molecule has 6 nitrogen and oxygen atoms in total. The van der Waals surface area contributed by atoms with Crippen LogP contribution in [0.3, 0.4) is 0 Å². The Morgan fingerprint density at radius 2 is 2.14 bits per heavy atom. The van der Waals surface area contributed by atoms with Crippen molar-refractivity contribution in [1.82, 2.24) is 14.9 Å². The second-order valence-corrected chi connectivity index (χ2v) is 8.62. The van der Waals surface area contributed by atoms with Gasteiger partial charge in [0, 0.05) is 18.5 Å². The zero-order valence-corrected chi connectivity index (χ0v) is 17.8. The first-order chi connectivity index (χ1) is 13.7. The third-order valence-corrected chi connectivity index (χ3v) is 7.20. The van der Waals surface area contributed by atoms with Crippen LogP contribution < -0.4 is 21.3 Å². The van der Waals surface area contributed by atoms with Gasteiger partial charge in [0.1, 0.15) is 10.6 Å². The number of ether oxygens (including phenoxy) is 1. The van der Waals surface area contributed by atoms with Crippen LogP contribution in [0, 0.1) is 5.92 Å². The van der Waals surface area contributed by atoms with Gasteiger partial charge in [0.05, 0.1) is 12.5 Å². The third-order valence-electron chi connectivity index (χ3n) is 6.37. The molecule has 3 aromatic rings. The lowest BCUT2D eigenvalue weighted by molar-refractivity contribution is 0.371. The summed E-state index contributed by atoms with van der Waals surface area (Å²) in [5.74, 6) is 1.97. The number of aromatic nitrogens is 2. The molecular formula is C21H24ClN3O3S. The number of H-pyrrole nitrogens is 1. The van der Waals surface area contributed by atoms with Crippen LogP contribution in [0.15, 0.2) is 39.2 Å². The molecule has 1 fully saturated rings. The van der Waals surface area contributed by atoms with Crippen LogP contribution in [0.4, 0.5) is 0 Å². The maximum atomic E-state index is 12.7. The summed E-state index contributed by atoms with van der Waals surface area (Å²) in [6.45, 7) is 1.40. The highest BCUT2D eigenvalue weighted by molar-refractivity contribution is 7.16. The molecule has 8 heteroatoms. The van der Waals surface area contributed by atoms with Crippen molar-refractivity contribution >= 4 is 34.0 Å². The fraction of sp³-hybridized carbons (Fsp3) is 0.429. The van der Waals surface area contributed by atoms with Crippen molar-refractivity contribution in [1.29, 1.82) is 0 Å². The fourth-order valence-corrected chi connectivity index (χ4v) is 5.82. The normalized spacial score (nSPS) is 22.7. The molecule has 0 bridgehead atoms. The van der Waals surface area contributed by atoms with E-state index < -0.39 is 0 Å². The van der Waals surface area contributed by atoms with Crippen molar-refractivity contribution in [3.05, 3.63) is 61.6 Å². The van der Waals surface area contributed by atoms with E-state index in [1.807, 2.05) is 11.4 Å². The van der Waals surface area contributed by atoms with Gasteiger partial charge in [-0.1, -0.05) is 12.1 Å². The number of methoxy groups -OCH3 is 1. The highest BCUT2D eigenvalue weighted by Crippen LogP contribution is 2.45. The first-order valence-electron chi connectivity index (χ1n) is 9.77. The average Bonchev–Trinajstić information content (AvgIpc) is 3.34. The summed E-state index contributed by atoms with van der Waals surface area (Å²) in [5, 5.41) is 6.08. The van der Waals surface area contributed by atoms with Crippen LogP contribution in [0.5, 0.6) is 5.75 Å². The molecule has 3 atom stereocenters. The molecule has 2 aliphatic rings. The highest BCUT2D eigenvalue weighted by Gasteiger charge is 2.40. The molecule has 1 aliphatic heterocycles. The van der Waals surface area contributed by atoms with Gasteiger partial charge in [0.2, 0.25) is 0 Å². The minimum Gasteiger partial charge on any atom is -0.496 e. The molecule has 3 unspecified atom stereocenters. The Morgan fingerprint density at radius 3 is 2.97 bits per heavy atom. The van der Waals surface area contributed by atoms with E-state index in [9.17, 15) is 9.59 Å². The summed E-state index contributed by atoms with van der Waals surface area (Å²) in [4.78, 5) is 28.6. The SMILES string of the molecule is COc1cccc2c1CCC1CNC(CCn3c(=O)[nH]c4sccc4c3=O)C21.Cl. The van der Waals surface area contributed by atoms with Gasteiger partial charge < -0.3 is 10.1 Å². The molecule has 0 radical (unpaired) electrons. The van der Waals surface area contributed by atoms with E-state index in [2.05, 4.69) is 22.4 Å². The number of nitrogens with zero attached hydrogens (tertiary/aromatic N) is 1. The van der Waals surface area contributed by atoms with Gasteiger partial charge in [-0.3, -0.25) is 14.3 Å². The van der Waals surface area contributed by atoms with Crippen molar-refractivity contribution in [3.63, 3.8) is 0 Å². The molecule has 2 aromatic heterocycles. The zero-order chi connectivity index (χ0) is 19.3. The van der Waals surface area contributed by atoms with Crippen molar-refractivity contribution in [2.75, 3.05) is 13.7 Å². The molecule has 1 saturated heterocycles. The maximum absolute atomic E-state index is 12.7. The van der Waals surface area contributed by atoms with E-state index in [-0.39, 0.29) is 29.7 Å². The van der Waals surface area contributed by atoms with Crippen LogP contribution in [-0.4, -0.2) is 29.2 Å². The Bertz CT molecular complexity index is 1150. The van der Waals surface area contributed by atoms with Crippen molar-refractivity contribution in [3.8, 4) is 5.75 Å². The second kappa shape index (κ2) is 7.97. The molecule has 1 aromatic carbocycles. The first kappa shape index (κ1) is 20.2. The predicted molar refractivity (Wildman–Crippen MR) is 118 cm³/mol. The van der Waals surface area contributed by atoms with E-state index in [0.29, 0.717) is 28.6 Å². The summed E-state index contributed by atoms with van der Waals surface area (Å²) < 4.78 is 6.93. The third kappa shape index (κ3) is 3.31. The van der Waals surface area contributed by atoms with Crippen LogP contribution in [0.25, 0.3) is 10.2 Å². The minimum absolute atomic E-state index is 0. The molecule has 5 rings (SSSR count). The number of fused-ring (bicyclic) bond motifs is 4. The summed E-state index contributed by atoms with van der Waals surface area (Å²) in [5.41, 5.74) is 2.16. The van der Waals surface area contributed by atoms with Gasteiger partial charge in [-0.25, -0.2) is 4.79 Å². The largest absolute Gasteiger partial charge is 0.496 e. The first-order valence-corrected chi connectivity index (χ1v) is 10.6. The molecule has 0 saturated carbocycles. The van der Waals surface area contributed by atoms with Crippen LogP contribution >= 0.6 is 23.7 Å². The van der Waals surface area contributed by atoms with E-state index in [1.54, 1.807) is 13.2 Å².